The average Bonchev–Trinajstić information content (AvgIpc) is 2.53. The van der Waals surface area contributed by atoms with Gasteiger partial charge >= 0.3 is 11.9 Å². The van der Waals surface area contributed by atoms with Gasteiger partial charge < -0.3 is 14.4 Å². The first kappa shape index (κ1) is 19.4. The lowest BCUT2D eigenvalue weighted by atomic mass is 9.72. The molecule has 25 heavy (non-hydrogen) atoms. The van der Waals surface area contributed by atoms with Gasteiger partial charge in [-0.3, -0.25) is 9.59 Å². The zero-order valence-corrected chi connectivity index (χ0v) is 15.7. The molecule has 1 aromatic rings. The van der Waals surface area contributed by atoms with Crippen LogP contribution in [0.2, 0.25) is 0 Å². The summed E-state index contributed by atoms with van der Waals surface area (Å²) in [5.41, 5.74) is 0.643. The summed E-state index contributed by atoms with van der Waals surface area (Å²) in [6.07, 6.45) is 5.10. The molecule has 138 valence electrons. The van der Waals surface area contributed by atoms with E-state index >= 15 is 0 Å². The zero-order valence-electron chi connectivity index (χ0n) is 15.7. The van der Waals surface area contributed by atoms with Gasteiger partial charge in [0, 0.05) is 26.3 Å². The van der Waals surface area contributed by atoms with Crippen LogP contribution in [0.4, 0.5) is 0 Å². The predicted molar refractivity (Wildman–Crippen MR) is 96.6 cm³/mol. The van der Waals surface area contributed by atoms with Crippen molar-refractivity contribution in [2.45, 2.75) is 57.5 Å². The molecule has 0 amide bonds. The van der Waals surface area contributed by atoms with E-state index in [1.807, 2.05) is 38.4 Å². The van der Waals surface area contributed by atoms with Crippen LogP contribution < -0.4 is 4.74 Å². The molecule has 0 aromatic heterocycles. The van der Waals surface area contributed by atoms with E-state index in [-0.39, 0.29) is 17.9 Å². The molecular weight excluding hydrogens is 318 g/mol. The van der Waals surface area contributed by atoms with Gasteiger partial charge in [0.1, 0.15) is 11.4 Å². The maximum Gasteiger partial charge on any atom is 0.308 e. The topological polar surface area (TPSA) is 55.8 Å². The summed E-state index contributed by atoms with van der Waals surface area (Å²) in [4.78, 5) is 25.1. The van der Waals surface area contributed by atoms with Gasteiger partial charge in [0.2, 0.25) is 0 Å². The number of carbonyl (C=O) groups is 2. The Morgan fingerprint density at radius 2 is 1.64 bits per heavy atom. The molecule has 0 heterocycles. The van der Waals surface area contributed by atoms with Crippen molar-refractivity contribution in [3.63, 3.8) is 0 Å². The number of hydrogen-bond acceptors (Lipinski definition) is 5. The van der Waals surface area contributed by atoms with E-state index in [0.717, 1.165) is 37.8 Å². The summed E-state index contributed by atoms with van der Waals surface area (Å²) >= 11 is 0. The Hall–Kier alpha value is -1.88. The van der Waals surface area contributed by atoms with Crippen molar-refractivity contribution in [3.8, 4) is 5.75 Å². The third kappa shape index (κ3) is 5.30. The van der Waals surface area contributed by atoms with Gasteiger partial charge in [0.05, 0.1) is 0 Å². The summed E-state index contributed by atoms with van der Waals surface area (Å²) in [7, 11) is 4.06. The molecule has 1 aliphatic rings. The molecule has 1 unspecified atom stereocenters. The second-order valence-electron chi connectivity index (χ2n) is 7.20. The number of likely N-dealkylation sites (N-methyl/N-ethyl adjacent to an activating group) is 1. The van der Waals surface area contributed by atoms with Crippen LogP contribution in [0.3, 0.4) is 0 Å². The zero-order chi connectivity index (χ0) is 18.4. The number of ether oxygens (including phenoxy) is 2. The van der Waals surface area contributed by atoms with Crippen LogP contribution in [0.15, 0.2) is 24.3 Å². The molecule has 0 N–H and O–H groups in total. The standard InChI is InChI=1S/C20H29NO4/c1-15(22)24-18-10-8-17(9-11-18)19(14-21(3)4)20(25-16(2)23)12-6-5-7-13-20/h8-11,19H,5-7,12-14H2,1-4H3. The minimum absolute atomic E-state index is 0.0816. The van der Waals surface area contributed by atoms with Crippen molar-refractivity contribution in [1.82, 2.24) is 4.90 Å². The predicted octanol–water partition coefficient (Wildman–Crippen LogP) is 3.52. The number of rotatable bonds is 6. The molecule has 1 aromatic carbocycles. The third-order valence-corrected chi connectivity index (χ3v) is 4.77. The lowest BCUT2D eigenvalue weighted by Gasteiger charge is -2.44. The SMILES string of the molecule is CC(=O)Oc1ccc(C(CN(C)C)C2(OC(C)=O)CCCCC2)cc1. The van der Waals surface area contributed by atoms with Crippen LogP contribution in [-0.4, -0.2) is 43.1 Å². The Morgan fingerprint density at radius 1 is 1.04 bits per heavy atom. The Kier molecular flexibility index (Phi) is 6.59. The number of esters is 2. The maximum absolute atomic E-state index is 11.8. The van der Waals surface area contributed by atoms with E-state index in [4.69, 9.17) is 9.47 Å². The van der Waals surface area contributed by atoms with E-state index in [9.17, 15) is 9.59 Å². The van der Waals surface area contributed by atoms with E-state index in [1.54, 1.807) is 0 Å². The molecule has 0 bridgehead atoms. The fourth-order valence-corrected chi connectivity index (χ4v) is 3.83. The number of hydrogen-bond donors (Lipinski definition) is 0. The van der Waals surface area contributed by atoms with Crippen molar-refractivity contribution < 1.29 is 19.1 Å². The summed E-state index contributed by atoms with van der Waals surface area (Å²) in [5.74, 6) is 0.0616. The van der Waals surface area contributed by atoms with Gasteiger partial charge in [-0.25, -0.2) is 0 Å². The molecule has 2 rings (SSSR count). The largest absolute Gasteiger partial charge is 0.459 e. The molecule has 0 saturated heterocycles. The van der Waals surface area contributed by atoms with Gasteiger partial charge in [-0.15, -0.1) is 0 Å². The molecule has 1 aliphatic carbocycles. The minimum atomic E-state index is -0.461. The van der Waals surface area contributed by atoms with Crippen molar-refractivity contribution in [2.75, 3.05) is 20.6 Å². The Bertz CT molecular complexity index is 588. The summed E-state index contributed by atoms with van der Waals surface area (Å²) in [6, 6.07) is 7.58. The lowest BCUT2D eigenvalue weighted by molar-refractivity contribution is -0.164. The van der Waals surface area contributed by atoms with E-state index in [1.165, 1.54) is 20.3 Å². The maximum atomic E-state index is 11.8. The van der Waals surface area contributed by atoms with E-state index < -0.39 is 5.60 Å². The molecular formula is C20H29NO4. The van der Waals surface area contributed by atoms with Gasteiger partial charge in [0.25, 0.3) is 0 Å². The minimum Gasteiger partial charge on any atom is -0.459 e. The molecule has 0 aliphatic heterocycles. The fraction of sp³-hybridized carbons (Fsp3) is 0.600. The molecule has 1 saturated carbocycles. The van der Waals surface area contributed by atoms with Crippen LogP contribution >= 0.6 is 0 Å². The summed E-state index contributed by atoms with van der Waals surface area (Å²) in [6.45, 7) is 3.67. The van der Waals surface area contributed by atoms with Gasteiger partial charge in [-0.1, -0.05) is 18.6 Å². The Morgan fingerprint density at radius 3 is 2.12 bits per heavy atom. The van der Waals surface area contributed by atoms with Crippen molar-refractivity contribution in [3.05, 3.63) is 29.8 Å². The highest BCUT2D eigenvalue weighted by Crippen LogP contribution is 2.43. The van der Waals surface area contributed by atoms with Crippen LogP contribution in [0.25, 0.3) is 0 Å². The molecule has 0 spiro atoms. The van der Waals surface area contributed by atoms with Gasteiger partial charge in [0.15, 0.2) is 0 Å². The monoisotopic (exact) mass is 347 g/mol. The third-order valence-electron chi connectivity index (χ3n) is 4.77. The lowest BCUT2D eigenvalue weighted by Crippen LogP contribution is -2.46. The van der Waals surface area contributed by atoms with Gasteiger partial charge in [-0.2, -0.15) is 0 Å². The van der Waals surface area contributed by atoms with Crippen LogP contribution in [-0.2, 0) is 14.3 Å². The summed E-state index contributed by atoms with van der Waals surface area (Å²) < 4.78 is 11.1. The highest BCUT2D eigenvalue weighted by Gasteiger charge is 2.43. The van der Waals surface area contributed by atoms with Crippen LogP contribution in [0.5, 0.6) is 5.75 Å². The first-order chi connectivity index (χ1) is 11.8. The highest BCUT2D eigenvalue weighted by molar-refractivity contribution is 5.69. The average molecular weight is 347 g/mol. The highest BCUT2D eigenvalue weighted by atomic mass is 16.6. The summed E-state index contributed by atoms with van der Waals surface area (Å²) in [5, 5.41) is 0. The van der Waals surface area contributed by atoms with E-state index in [2.05, 4.69) is 4.90 Å². The molecule has 1 atom stereocenters. The second-order valence-corrected chi connectivity index (χ2v) is 7.20. The first-order valence-corrected chi connectivity index (χ1v) is 8.95. The first-order valence-electron chi connectivity index (χ1n) is 8.95. The smallest absolute Gasteiger partial charge is 0.308 e. The van der Waals surface area contributed by atoms with Crippen molar-refractivity contribution >= 4 is 11.9 Å². The molecule has 1 fully saturated rings. The quantitative estimate of drug-likeness (QED) is 0.582. The fourth-order valence-electron chi connectivity index (χ4n) is 3.83. The normalized spacial score (nSPS) is 17.8. The molecule has 5 heteroatoms. The van der Waals surface area contributed by atoms with E-state index in [0.29, 0.717) is 5.75 Å². The van der Waals surface area contributed by atoms with Crippen molar-refractivity contribution in [2.24, 2.45) is 0 Å². The Labute approximate surface area is 150 Å². The van der Waals surface area contributed by atoms with Gasteiger partial charge in [-0.05, 0) is 57.5 Å². The number of carbonyl (C=O) groups excluding carboxylic acids is 2. The number of benzene rings is 1. The van der Waals surface area contributed by atoms with Crippen molar-refractivity contribution in [1.29, 1.82) is 0 Å². The van der Waals surface area contributed by atoms with Crippen LogP contribution in [0.1, 0.15) is 57.4 Å². The molecule has 0 radical (unpaired) electrons. The van der Waals surface area contributed by atoms with Crippen LogP contribution in [0, 0.1) is 0 Å². The second kappa shape index (κ2) is 8.48. The number of nitrogens with zero attached hydrogens (tertiary/aromatic N) is 1. The molecule has 5 nitrogen and oxygen atoms in total. The Balaban J connectivity index is 2.35.